The van der Waals surface area contributed by atoms with E-state index in [-0.39, 0.29) is 4.07 Å². The molecule has 1 rings (SSSR count). The summed E-state index contributed by atoms with van der Waals surface area (Å²) in [4.78, 5) is 0. The van der Waals surface area contributed by atoms with Gasteiger partial charge in [0.15, 0.2) is 0 Å². The predicted molar refractivity (Wildman–Crippen MR) is 56.4 cm³/mol. The fraction of sp³-hybridized carbons (Fsp3) is 0.500. The van der Waals surface area contributed by atoms with Gasteiger partial charge in [0.1, 0.15) is 0 Å². The molecule has 1 heterocycles. The van der Waals surface area contributed by atoms with E-state index in [0.717, 1.165) is 0 Å². The summed E-state index contributed by atoms with van der Waals surface area (Å²) in [5, 5.41) is 3.35. The molecule has 0 spiro atoms. The number of allylic oxidation sites excluding steroid dienone is 2. The van der Waals surface area contributed by atoms with Crippen LogP contribution in [0.5, 0.6) is 0 Å². The van der Waals surface area contributed by atoms with Gasteiger partial charge in [-0.2, -0.15) is 0 Å². The van der Waals surface area contributed by atoms with Crippen LogP contribution < -0.4 is 5.32 Å². The summed E-state index contributed by atoms with van der Waals surface area (Å²) in [6.45, 7) is 6.99. The summed E-state index contributed by atoms with van der Waals surface area (Å²) in [6.07, 6.45) is 8.29. The minimum Gasteiger partial charge on any atom is -0.376 e. The largest absolute Gasteiger partial charge is 0.376 e. The topological polar surface area (TPSA) is 12.0 Å². The molecule has 1 aliphatic heterocycles. The van der Waals surface area contributed by atoms with Crippen molar-refractivity contribution in [1.82, 2.24) is 5.32 Å². The van der Waals surface area contributed by atoms with Crippen molar-refractivity contribution < 1.29 is 0 Å². The van der Waals surface area contributed by atoms with Crippen molar-refractivity contribution in [2.24, 2.45) is 0 Å². The molecule has 3 heteroatoms. The second-order valence-corrected chi connectivity index (χ2v) is 11.1. The van der Waals surface area contributed by atoms with Crippen LogP contribution in [-0.2, 0) is 0 Å². The predicted octanol–water partition coefficient (Wildman–Crippen LogP) is 2.63. The van der Waals surface area contributed by atoms with E-state index in [4.69, 9.17) is 0 Å². The van der Waals surface area contributed by atoms with E-state index < -0.39 is 8.07 Å². The number of alkyl halides is 1. The Kier molecular flexibility index (Phi) is 2.30. The standard InChI is InChI=1S/C8H14BrNSi/c1-11(2,3)8(9)6-4-5-7-10-8/h4-7,10H,1-3H3. The quantitative estimate of drug-likeness (QED) is 0.416. The maximum atomic E-state index is 3.73. The third-order valence-electron chi connectivity index (χ3n) is 1.92. The van der Waals surface area contributed by atoms with Crippen LogP contribution in [-0.4, -0.2) is 12.1 Å². The minimum atomic E-state index is -1.21. The number of hydrogen-bond acceptors (Lipinski definition) is 1. The van der Waals surface area contributed by atoms with Crippen molar-refractivity contribution >= 4 is 24.0 Å². The van der Waals surface area contributed by atoms with E-state index in [2.05, 4.69) is 53.0 Å². The van der Waals surface area contributed by atoms with E-state index in [1.54, 1.807) is 0 Å². The molecule has 1 N–H and O–H groups in total. The van der Waals surface area contributed by atoms with Crippen LogP contribution in [0.4, 0.5) is 0 Å². The van der Waals surface area contributed by atoms with Gasteiger partial charge in [0.05, 0.1) is 12.1 Å². The number of halogens is 1. The van der Waals surface area contributed by atoms with Crippen LogP contribution in [0.25, 0.3) is 0 Å². The lowest BCUT2D eigenvalue weighted by Gasteiger charge is -2.37. The Labute approximate surface area is 77.7 Å². The monoisotopic (exact) mass is 231 g/mol. The SMILES string of the molecule is C[Si](C)(C)C1(Br)C=CC=CN1. The normalized spacial score (nSPS) is 30.2. The van der Waals surface area contributed by atoms with Gasteiger partial charge in [-0.3, -0.25) is 0 Å². The second kappa shape index (κ2) is 2.79. The van der Waals surface area contributed by atoms with E-state index in [1.165, 1.54) is 0 Å². The first-order chi connectivity index (χ1) is 4.96. The van der Waals surface area contributed by atoms with Crippen LogP contribution >= 0.6 is 15.9 Å². The summed E-state index contributed by atoms with van der Waals surface area (Å²) in [6, 6.07) is 0. The molecule has 0 aromatic rings. The zero-order chi connectivity index (χ0) is 8.54. The Morgan fingerprint density at radius 1 is 1.27 bits per heavy atom. The number of nitrogens with one attached hydrogen (secondary N) is 1. The van der Waals surface area contributed by atoms with Crippen molar-refractivity contribution in [3.63, 3.8) is 0 Å². The average Bonchev–Trinajstić information content (AvgIpc) is 1.87. The maximum absolute atomic E-state index is 3.73. The molecule has 11 heavy (non-hydrogen) atoms. The molecular formula is C8H14BrNSi. The summed E-state index contributed by atoms with van der Waals surface area (Å²) >= 11 is 3.73. The molecule has 0 bridgehead atoms. The first kappa shape index (κ1) is 9.07. The molecule has 0 saturated carbocycles. The summed E-state index contributed by atoms with van der Waals surface area (Å²) < 4.78 is 0.0503. The molecule has 0 aliphatic carbocycles. The molecular weight excluding hydrogens is 218 g/mol. The summed E-state index contributed by atoms with van der Waals surface area (Å²) in [7, 11) is -1.21. The van der Waals surface area contributed by atoms with Gasteiger partial charge in [-0.1, -0.05) is 47.7 Å². The molecule has 62 valence electrons. The van der Waals surface area contributed by atoms with Gasteiger partial charge in [0.25, 0.3) is 0 Å². The van der Waals surface area contributed by atoms with E-state index in [1.807, 2.05) is 12.3 Å². The van der Waals surface area contributed by atoms with Crippen LogP contribution in [0.1, 0.15) is 0 Å². The molecule has 1 aliphatic rings. The highest BCUT2D eigenvalue weighted by Crippen LogP contribution is 2.30. The van der Waals surface area contributed by atoms with Gasteiger partial charge in [0.2, 0.25) is 0 Å². The average molecular weight is 232 g/mol. The van der Waals surface area contributed by atoms with Gasteiger partial charge < -0.3 is 5.32 Å². The lowest BCUT2D eigenvalue weighted by atomic mass is 10.4. The molecule has 0 saturated heterocycles. The Morgan fingerprint density at radius 3 is 2.18 bits per heavy atom. The Morgan fingerprint density at radius 2 is 1.91 bits per heavy atom. The van der Waals surface area contributed by atoms with Gasteiger partial charge >= 0.3 is 0 Å². The molecule has 1 atom stereocenters. The van der Waals surface area contributed by atoms with Crippen LogP contribution in [0.15, 0.2) is 24.4 Å². The fourth-order valence-corrected chi connectivity index (χ4v) is 2.33. The lowest BCUT2D eigenvalue weighted by molar-refractivity contribution is 0.822. The van der Waals surface area contributed by atoms with Crippen molar-refractivity contribution in [2.75, 3.05) is 0 Å². The first-order valence-corrected chi connectivity index (χ1v) is 8.06. The van der Waals surface area contributed by atoms with E-state index in [0.29, 0.717) is 0 Å². The van der Waals surface area contributed by atoms with E-state index >= 15 is 0 Å². The van der Waals surface area contributed by atoms with Gasteiger partial charge in [-0.15, -0.1) is 0 Å². The Balaban J connectivity index is 2.84. The molecule has 0 amide bonds. The zero-order valence-corrected chi connectivity index (χ0v) is 9.77. The molecule has 0 fully saturated rings. The zero-order valence-electron chi connectivity index (χ0n) is 7.19. The number of hydrogen-bond donors (Lipinski definition) is 1. The van der Waals surface area contributed by atoms with Gasteiger partial charge in [-0.25, -0.2) is 0 Å². The van der Waals surface area contributed by atoms with E-state index in [9.17, 15) is 0 Å². The Hall–Kier alpha value is -0.0231. The van der Waals surface area contributed by atoms with Crippen molar-refractivity contribution in [2.45, 2.75) is 23.7 Å². The summed E-state index contributed by atoms with van der Waals surface area (Å²) in [5.74, 6) is 0. The Bertz CT molecular complexity index is 205. The second-order valence-electron chi connectivity index (χ2n) is 3.82. The number of dihydropyridines is 1. The highest BCUT2D eigenvalue weighted by atomic mass is 79.9. The van der Waals surface area contributed by atoms with Crippen molar-refractivity contribution in [3.8, 4) is 0 Å². The molecule has 0 radical (unpaired) electrons. The third kappa shape index (κ3) is 1.76. The highest BCUT2D eigenvalue weighted by Gasteiger charge is 2.38. The maximum Gasteiger partial charge on any atom is 0.0986 e. The van der Waals surface area contributed by atoms with Crippen LogP contribution in [0, 0.1) is 0 Å². The first-order valence-electron chi connectivity index (χ1n) is 3.77. The molecule has 0 aromatic carbocycles. The highest BCUT2D eigenvalue weighted by molar-refractivity contribution is 9.10. The molecule has 0 aromatic heterocycles. The number of rotatable bonds is 1. The van der Waals surface area contributed by atoms with Gasteiger partial charge in [-0.05, 0) is 12.3 Å². The van der Waals surface area contributed by atoms with Crippen molar-refractivity contribution in [3.05, 3.63) is 24.4 Å². The summed E-state index contributed by atoms with van der Waals surface area (Å²) in [5.41, 5.74) is 0. The molecule has 1 nitrogen and oxygen atoms in total. The lowest BCUT2D eigenvalue weighted by Crippen LogP contribution is -2.54. The van der Waals surface area contributed by atoms with Crippen molar-refractivity contribution in [1.29, 1.82) is 0 Å². The third-order valence-corrected chi connectivity index (χ3v) is 8.47. The van der Waals surface area contributed by atoms with Crippen LogP contribution in [0.2, 0.25) is 19.6 Å². The smallest absolute Gasteiger partial charge is 0.0986 e. The fourth-order valence-electron chi connectivity index (χ4n) is 0.928. The molecule has 1 unspecified atom stereocenters. The van der Waals surface area contributed by atoms with Crippen LogP contribution in [0.3, 0.4) is 0 Å². The van der Waals surface area contributed by atoms with Gasteiger partial charge in [0, 0.05) is 0 Å². The minimum absolute atomic E-state index is 0.0503.